The largest absolute Gasteiger partial charge is 0.372 e. The standard InChI is InChI=1S/C13H17N3OS/c1-3-5-11(17)15-16-12-10(6-4-7-14-12)8-9(2)13(16)18/h4,6-8,11,15,17H,3,5H2,1-2H3. The van der Waals surface area contributed by atoms with Crippen LogP contribution in [0.15, 0.2) is 24.4 Å². The van der Waals surface area contributed by atoms with Crippen molar-refractivity contribution in [2.45, 2.75) is 32.9 Å². The summed E-state index contributed by atoms with van der Waals surface area (Å²) in [4.78, 5) is 4.32. The second-order valence-corrected chi connectivity index (χ2v) is 4.70. The molecule has 0 bridgehead atoms. The quantitative estimate of drug-likeness (QED) is 0.658. The van der Waals surface area contributed by atoms with Gasteiger partial charge in [-0.15, -0.1) is 0 Å². The van der Waals surface area contributed by atoms with Crippen molar-refractivity contribution in [1.82, 2.24) is 9.66 Å². The number of nitrogens with one attached hydrogen (secondary N) is 1. The summed E-state index contributed by atoms with van der Waals surface area (Å²) >= 11 is 5.37. The maximum Gasteiger partial charge on any atom is 0.159 e. The number of aliphatic hydroxyl groups excluding tert-OH is 1. The van der Waals surface area contributed by atoms with Gasteiger partial charge in [-0.1, -0.05) is 25.6 Å². The Hall–Kier alpha value is -1.46. The van der Waals surface area contributed by atoms with Gasteiger partial charge in [-0.25, -0.2) is 9.66 Å². The van der Waals surface area contributed by atoms with Gasteiger partial charge in [-0.05, 0) is 37.1 Å². The van der Waals surface area contributed by atoms with Crippen LogP contribution in [-0.2, 0) is 0 Å². The minimum absolute atomic E-state index is 0.617. The Balaban J connectivity index is 2.53. The first-order valence-electron chi connectivity index (χ1n) is 6.05. The average molecular weight is 263 g/mol. The minimum atomic E-state index is -0.617. The first kappa shape index (κ1) is 13.0. The van der Waals surface area contributed by atoms with E-state index in [1.807, 2.05) is 32.0 Å². The molecule has 0 aliphatic heterocycles. The molecule has 0 aliphatic carbocycles. The van der Waals surface area contributed by atoms with Crippen molar-refractivity contribution in [1.29, 1.82) is 0 Å². The summed E-state index contributed by atoms with van der Waals surface area (Å²) in [6.07, 6.45) is 2.67. The molecule has 2 rings (SSSR count). The number of aromatic nitrogens is 2. The summed E-state index contributed by atoms with van der Waals surface area (Å²) < 4.78 is 2.34. The number of fused-ring (bicyclic) bond motifs is 1. The molecule has 2 aromatic heterocycles. The fraction of sp³-hybridized carbons (Fsp3) is 0.385. The van der Waals surface area contributed by atoms with Gasteiger partial charge in [0.1, 0.15) is 10.9 Å². The lowest BCUT2D eigenvalue weighted by atomic mass is 10.2. The van der Waals surface area contributed by atoms with E-state index in [9.17, 15) is 5.11 Å². The van der Waals surface area contributed by atoms with E-state index in [1.54, 1.807) is 10.9 Å². The summed E-state index contributed by atoms with van der Waals surface area (Å²) in [7, 11) is 0. The molecule has 0 saturated heterocycles. The van der Waals surface area contributed by atoms with Gasteiger partial charge < -0.3 is 5.11 Å². The Morgan fingerprint density at radius 2 is 2.33 bits per heavy atom. The number of hydrogen-bond acceptors (Lipinski definition) is 4. The third kappa shape index (κ3) is 2.52. The summed E-state index contributed by atoms with van der Waals surface area (Å²) in [5.74, 6) is 0. The molecule has 96 valence electrons. The van der Waals surface area contributed by atoms with Crippen molar-refractivity contribution >= 4 is 23.3 Å². The molecule has 2 N–H and O–H groups in total. The topological polar surface area (TPSA) is 50.1 Å². The molecule has 2 heterocycles. The Kier molecular flexibility index (Phi) is 3.93. The van der Waals surface area contributed by atoms with Crippen molar-refractivity contribution in [3.8, 4) is 0 Å². The van der Waals surface area contributed by atoms with Gasteiger partial charge in [0.15, 0.2) is 5.65 Å². The molecular formula is C13H17N3OS. The smallest absolute Gasteiger partial charge is 0.159 e. The van der Waals surface area contributed by atoms with E-state index in [4.69, 9.17) is 12.2 Å². The monoisotopic (exact) mass is 263 g/mol. The second-order valence-electron chi connectivity index (χ2n) is 4.32. The van der Waals surface area contributed by atoms with Crippen LogP contribution in [-0.4, -0.2) is 21.0 Å². The van der Waals surface area contributed by atoms with E-state index in [0.29, 0.717) is 11.1 Å². The summed E-state index contributed by atoms with van der Waals surface area (Å²) in [5, 5.41) is 10.9. The van der Waals surface area contributed by atoms with E-state index >= 15 is 0 Å². The van der Waals surface area contributed by atoms with Crippen molar-refractivity contribution in [2.75, 3.05) is 5.43 Å². The number of aliphatic hydroxyl groups is 1. The van der Waals surface area contributed by atoms with Gasteiger partial charge in [0.25, 0.3) is 0 Å². The zero-order chi connectivity index (χ0) is 13.1. The predicted octanol–water partition coefficient (Wildman–Crippen LogP) is 2.74. The number of aryl methyl sites for hydroxylation is 1. The molecule has 1 atom stereocenters. The molecule has 4 nitrogen and oxygen atoms in total. The maximum absolute atomic E-state index is 9.87. The van der Waals surface area contributed by atoms with Crippen LogP contribution in [0.4, 0.5) is 0 Å². The fourth-order valence-electron chi connectivity index (χ4n) is 1.88. The van der Waals surface area contributed by atoms with Gasteiger partial charge in [0, 0.05) is 11.6 Å². The lowest BCUT2D eigenvalue weighted by Gasteiger charge is -2.18. The molecule has 0 saturated carbocycles. The Bertz CT molecular complexity index is 609. The predicted molar refractivity (Wildman–Crippen MR) is 75.6 cm³/mol. The third-order valence-electron chi connectivity index (χ3n) is 2.78. The fourth-order valence-corrected chi connectivity index (χ4v) is 2.08. The van der Waals surface area contributed by atoms with Crippen LogP contribution in [0.3, 0.4) is 0 Å². The van der Waals surface area contributed by atoms with E-state index in [0.717, 1.165) is 23.0 Å². The van der Waals surface area contributed by atoms with E-state index in [2.05, 4.69) is 10.4 Å². The van der Waals surface area contributed by atoms with Crippen LogP contribution < -0.4 is 5.43 Å². The van der Waals surface area contributed by atoms with E-state index in [-0.39, 0.29) is 0 Å². The van der Waals surface area contributed by atoms with Gasteiger partial charge in [0.2, 0.25) is 0 Å². The lowest BCUT2D eigenvalue weighted by molar-refractivity contribution is 0.177. The molecular weight excluding hydrogens is 246 g/mol. The zero-order valence-corrected chi connectivity index (χ0v) is 11.4. The third-order valence-corrected chi connectivity index (χ3v) is 3.29. The van der Waals surface area contributed by atoms with Gasteiger partial charge >= 0.3 is 0 Å². The molecule has 0 aliphatic rings. The summed E-state index contributed by atoms with van der Waals surface area (Å²) in [5.41, 5.74) is 4.73. The number of rotatable bonds is 4. The van der Waals surface area contributed by atoms with Crippen molar-refractivity contribution in [3.63, 3.8) is 0 Å². The van der Waals surface area contributed by atoms with Crippen molar-refractivity contribution in [3.05, 3.63) is 34.6 Å². The molecule has 0 spiro atoms. The average Bonchev–Trinajstić information content (AvgIpc) is 2.35. The highest BCUT2D eigenvalue weighted by molar-refractivity contribution is 7.71. The van der Waals surface area contributed by atoms with Gasteiger partial charge in [-0.3, -0.25) is 5.43 Å². The highest BCUT2D eigenvalue weighted by atomic mass is 32.1. The lowest BCUT2D eigenvalue weighted by Crippen LogP contribution is -2.29. The number of hydrogen-bond donors (Lipinski definition) is 2. The highest BCUT2D eigenvalue weighted by Gasteiger charge is 2.08. The van der Waals surface area contributed by atoms with E-state index < -0.39 is 6.23 Å². The van der Waals surface area contributed by atoms with Crippen molar-refractivity contribution < 1.29 is 5.11 Å². The zero-order valence-electron chi connectivity index (χ0n) is 10.6. The SMILES string of the molecule is CCCC(O)Nn1c(=S)c(C)cc2cccnc21. The van der Waals surface area contributed by atoms with Gasteiger partial charge in [0.05, 0.1) is 0 Å². The Morgan fingerprint density at radius 3 is 3.06 bits per heavy atom. The highest BCUT2D eigenvalue weighted by Crippen LogP contribution is 2.14. The molecule has 0 aromatic carbocycles. The molecule has 0 amide bonds. The van der Waals surface area contributed by atoms with Crippen molar-refractivity contribution in [2.24, 2.45) is 0 Å². The van der Waals surface area contributed by atoms with Crippen LogP contribution in [0.25, 0.3) is 11.0 Å². The first-order chi connectivity index (χ1) is 8.63. The minimum Gasteiger partial charge on any atom is -0.372 e. The van der Waals surface area contributed by atoms with Crippen LogP contribution in [0, 0.1) is 11.6 Å². The second kappa shape index (κ2) is 5.46. The van der Waals surface area contributed by atoms with Gasteiger partial charge in [-0.2, -0.15) is 0 Å². The van der Waals surface area contributed by atoms with Crippen LogP contribution in [0.5, 0.6) is 0 Å². The first-order valence-corrected chi connectivity index (χ1v) is 6.46. The Morgan fingerprint density at radius 1 is 1.56 bits per heavy atom. The molecule has 0 fully saturated rings. The number of nitrogens with zero attached hydrogens (tertiary/aromatic N) is 2. The maximum atomic E-state index is 9.87. The van der Waals surface area contributed by atoms with Crippen LogP contribution in [0.2, 0.25) is 0 Å². The van der Waals surface area contributed by atoms with E-state index in [1.165, 1.54) is 0 Å². The molecule has 0 radical (unpaired) electrons. The number of pyridine rings is 2. The molecule has 18 heavy (non-hydrogen) atoms. The molecule has 1 unspecified atom stereocenters. The summed E-state index contributed by atoms with van der Waals surface area (Å²) in [6.45, 7) is 3.98. The normalized spacial score (nSPS) is 12.6. The molecule has 5 heteroatoms. The van der Waals surface area contributed by atoms with Crippen LogP contribution >= 0.6 is 12.2 Å². The molecule has 2 aromatic rings. The van der Waals surface area contributed by atoms with Crippen LogP contribution in [0.1, 0.15) is 25.3 Å². The Labute approximate surface area is 111 Å². The summed E-state index contributed by atoms with van der Waals surface area (Å²) in [6, 6.07) is 5.88.